The molecule has 1 aromatic rings. The highest BCUT2D eigenvalue weighted by atomic mass is 16.3. The van der Waals surface area contributed by atoms with Crippen LogP contribution >= 0.6 is 0 Å². The van der Waals surface area contributed by atoms with Crippen LogP contribution in [0.4, 0.5) is 0 Å². The second kappa shape index (κ2) is 9.26. The van der Waals surface area contributed by atoms with Crippen molar-refractivity contribution in [2.24, 2.45) is 9.98 Å². The Balaban J connectivity index is 2.88. The molecule has 0 radical (unpaired) electrons. The second-order valence-corrected chi connectivity index (χ2v) is 4.95. The fourth-order valence-corrected chi connectivity index (χ4v) is 1.69. The van der Waals surface area contributed by atoms with E-state index in [1.165, 1.54) is 12.4 Å². The number of phenolic OH excluding ortho intramolecular Hbond substituents is 1. The third-order valence-corrected chi connectivity index (χ3v) is 2.83. The first-order chi connectivity index (χ1) is 10.5. The van der Waals surface area contributed by atoms with E-state index < -0.39 is 12.2 Å². The van der Waals surface area contributed by atoms with Crippen LogP contribution < -0.4 is 0 Å². The summed E-state index contributed by atoms with van der Waals surface area (Å²) >= 11 is 0. The summed E-state index contributed by atoms with van der Waals surface area (Å²) in [4.78, 5) is 7.93. The van der Waals surface area contributed by atoms with Crippen LogP contribution in [0.5, 0.6) is 5.75 Å². The molecule has 0 aromatic heterocycles. The number of aliphatic hydroxyl groups is 4. The third kappa shape index (κ3) is 5.90. The number of rotatable bonds is 8. The molecule has 2 atom stereocenters. The average molecular weight is 310 g/mol. The van der Waals surface area contributed by atoms with E-state index in [-0.39, 0.29) is 32.1 Å². The van der Waals surface area contributed by atoms with E-state index in [1.807, 2.05) is 6.92 Å². The van der Waals surface area contributed by atoms with Crippen LogP contribution in [0.25, 0.3) is 0 Å². The van der Waals surface area contributed by atoms with Crippen molar-refractivity contribution >= 4 is 12.4 Å². The molecule has 0 aliphatic heterocycles. The molecule has 1 rings (SSSR count). The van der Waals surface area contributed by atoms with Gasteiger partial charge in [-0.2, -0.15) is 0 Å². The Morgan fingerprint density at radius 1 is 0.955 bits per heavy atom. The van der Waals surface area contributed by atoms with E-state index in [9.17, 15) is 15.3 Å². The van der Waals surface area contributed by atoms with Gasteiger partial charge < -0.3 is 25.5 Å². The number of hydrogen-bond donors (Lipinski definition) is 5. The summed E-state index contributed by atoms with van der Waals surface area (Å²) in [5, 5.41) is 46.0. The predicted octanol–water partition coefficient (Wildman–Crippen LogP) is -0.755. The highest BCUT2D eigenvalue weighted by Crippen LogP contribution is 2.22. The first-order valence-electron chi connectivity index (χ1n) is 6.89. The largest absolute Gasteiger partial charge is 0.507 e. The van der Waals surface area contributed by atoms with Crippen LogP contribution in [-0.4, -0.2) is 76.5 Å². The number of aromatic hydroxyl groups is 1. The van der Waals surface area contributed by atoms with Gasteiger partial charge in [0.2, 0.25) is 0 Å². The number of aliphatic hydroxyl groups excluding tert-OH is 4. The number of aliphatic imine (C=N–C) groups is 2. The second-order valence-electron chi connectivity index (χ2n) is 4.95. The number of nitrogens with zero attached hydrogens (tertiary/aromatic N) is 2. The lowest BCUT2D eigenvalue weighted by Crippen LogP contribution is -2.15. The molecule has 0 saturated carbocycles. The minimum absolute atomic E-state index is 0.0184. The highest BCUT2D eigenvalue weighted by molar-refractivity contribution is 5.92. The van der Waals surface area contributed by atoms with Crippen LogP contribution in [0.2, 0.25) is 0 Å². The van der Waals surface area contributed by atoms with Gasteiger partial charge in [-0.3, -0.25) is 9.98 Å². The van der Waals surface area contributed by atoms with Crippen LogP contribution in [-0.2, 0) is 0 Å². The van der Waals surface area contributed by atoms with Gasteiger partial charge >= 0.3 is 0 Å². The maximum atomic E-state index is 10.2. The molecule has 0 spiro atoms. The van der Waals surface area contributed by atoms with Crippen molar-refractivity contribution < 1.29 is 25.5 Å². The molecular formula is C15H22N2O5. The average Bonchev–Trinajstić information content (AvgIpc) is 2.50. The monoisotopic (exact) mass is 310 g/mol. The predicted molar refractivity (Wildman–Crippen MR) is 84.0 cm³/mol. The molecule has 22 heavy (non-hydrogen) atoms. The summed E-state index contributed by atoms with van der Waals surface area (Å²) < 4.78 is 0. The molecule has 1 aromatic carbocycles. The maximum absolute atomic E-state index is 10.2. The van der Waals surface area contributed by atoms with E-state index in [4.69, 9.17) is 10.2 Å². The molecule has 0 amide bonds. The summed E-state index contributed by atoms with van der Waals surface area (Å²) in [5.41, 5.74) is 1.81. The van der Waals surface area contributed by atoms with Crippen molar-refractivity contribution in [1.29, 1.82) is 0 Å². The number of aryl methyl sites for hydroxylation is 1. The van der Waals surface area contributed by atoms with Crippen LogP contribution in [0.1, 0.15) is 16.7 Å². The van der Waals surface area contributed by atoms with Gasteiger partial charge in [-0.1, -0.05) is 0 Å². The van der Waals surface area contributed by atoms with E-state index in [2.05, 4.69) is 9.98 Å². The number of benzene rings is 1. The Labute approximate surface area is 128 Å². The molecule has 122 valence electrons. The normalized spacial score (nSPS) is 14.8. The van der Waals surface area contributed by atoms with E-state index >= 15 is 0 Å². The number of phenols is 1. The summed E-state index contributed by atoms with van der Waals surface area (Å²) in [7, 11) is 0. The first kappa shape index (κ1) is 18.2. The topological polar surface area (TPSA) is 126 Å². The maximum Gasteiger partial charge on any atom is 0.133 e. The molecule has 7 heteroatoms. The SMILES string of the molecule is Cc1cc(C=NCC(O)CO)c(O)c(C=NCC(O)CO)c1. The lowest BCUT2D eigenvalue weighted by atomic mass is 10.1. The molecule has 0 aliphatic rings. The van der Waals surface area contributed by atoms with Crippen molar-refractivity contribution in [3.8, 4) is 5.75 Å². The highest BCUT2D eigenvalue weighted by Gasteiger charge is 2.07. The van der Waals surface area contributed by atoms with Gasteiger partial charge in [0, 0.05) is 23.6 Å². The summed E-state index contributed by atoms with van der Waals surface area (Å²) in [6, 6.07) is 3.45. The van der Waals surface area contributed by atoms with Crippen molar-refractivity contribution in [3.05, 3.63) is 28.8 Å². The minimum atomic E-state index is -0.927. The van der Waals surface area contributed by atoms with Gasteiger partial charge in [-0.05, 0) is 24.6 Å². The molecule has 0 bridgehead atoms. The molecule has 0 saturated heterocycles. The van der Waals surface area contributed by atoms with Gasteiger partial charge in [0.25, 0.3) is 0 Å². The Bertz CT molecular complexity index is 488. The van der Waals surface area contributed by atoms with Crippen molar-refractivity contribution in [2.75, 3.05) is 26.3 Å². The minimum Gasteiger partial charge on any atom is -0.507 e. The molecule has 0 aliphatic carbocycles. The Kier molecular flexibility index (Phi) is 7.69. The van der Waals surface area contributed by atoms with Crippen molar-refractivity contribution in [3.63, 3.8) is 0 Å². The Morgan fingerprint density at radius 3 is 1.73 bits per heavy atom. The quantitative estimate of drug-likeness (QED) is 0.404. The first-order valence-corrected chi connectivity index (χ1v) is 6.89. The fraction of sp³-hybridized carbons (Fsp3) is 0.467. The standard InChI is InChI=1S/C15H22N2O5/c1-10-2-11(4-16-6-13(20)8-18)15(22)12(3-10)5-17-7-14(21)9-19/h2-5,13-14,18-22H,6-9H2,1H3. The Morgan fingerprint density at radius 2 is 1.36 bits per heavy atom. The number of hydrogen-bond acceptors (Lipinski definition) is 7. The summed E-state index contributed by atoms with van der Waals surface area (Å²) in [6.07, 6.45) is 0.982. The van der Waals surface area contributed by atoms with Crippen LogP contribution in [0, 0.1) is 6.92 Å². The van der Waals surface area contributed by atoms with E-state index in [1.54, 1.807) is 12.1 Å². The smallest absolute Gasteiger partial charge is 0.133 e. The molecule has 7 nitrogen and oxygen atoms in total. The van der Waals surface area contributed by atoms with E-state index in [0.717, 1.165) is 5.56 Å². The molecule has 0 fully saturated rings. The van der Waals surface area contributed by atoms with Gasteiger partial charge in [-0.15, -0.1) is 0 Å². The van der Waals surface area contributed by atoms with Gasteiger partial charge in [0.1, 0.15) is 5.75 Å². The van der Waals surface area contributed by atoms with Crippen LogP contribution in [0.3, 0.4) is 0 Å². The summed E-state index contributed by atoms with van der Waals surface area (Å²) in [6.45, 7) is 1.18. The van der Waals surface area contributed by atoms with Gasteiger partial charge in [0.15, 0.2) is 0 Å². The van der Waals surface area contributed by atoms with E-state index in [0.29, 0.717) is 11.1 Å². The zero-order chi connectivity index (χ0) is 16.5. The van der Waals surface area contributed by atoms with Crippen molar-refractivity contribution in [1.82, 2.24) is 0 Å². The lowest BCUT2D eigenvalue weighted by Gasteiger charge is -2.07. The molecule has 2 unspecified atom stereocenters. The fourth-order valence-electron chi connectivity index (χ4n) is 1.69. The van der Waals surface area contributed by atoms with Gasteiger partial charge in [-0.25, -0.2) is 0 Å². The Hall–Kier alpha value is -1.80. The third-order valence-electron chi connectivity index (χ3n) is 2.83. The lowest BCUT2D eigenvalue weighted by molar-refractivity contribution is 0.102. The van der Waals surface area contributed by atoms with Crippen molar-refractivity contribution in [2.45, 2.75) is 19.1 Å². The zero-order valence-electron chi connectivity index (χ0n) is 12.4. The van der Waals surface area contributed by atoms with Crippen LogP contribution in [0.15, 0.2) is 22.1 Å². The van der Waals surface area contributed by atoms with Gasteiger partial charge in [0.05, 0.1) is 38.5 Å². The molecular weight excluding hydrogens is 288 g/mol. The molecule has 0 heterocycles. The zero-order valence-corrected chi connectivity index (χ0v) is 12.4. The summed E-state index contributed by atoms with van der Waals surface area (Å²) in [5.74, 6) is -0.0184. The molecule has 5 N–H and O–H groups in total.